The molecule has 0 aliphatic heterocycles. The summed E-state index contributed by atoms with van der Waals surface area (Å²) < 4.78 is 2.16. The number of nitrogens with zero attached hydrogens (tertiary/aromatic N) is 3. The lowest BCUT2D eigenvalue weighted by Crippen LogP contribution is -1.95. The van der Waals surface area contributed by atoms with Crippen LogP contribution < -0.4 is 0 Å². The maximum Gasteiger partial charge on any atom is 0.145 e. The monoisotopic (exact) mass is 395 g/mol. The molecule has 3 heteroatoms. The summed E-state index contributed by atoms with van der Waals surface area (Å²) >= 11 is 0. The van der Waals surface area contributed by atoms with E-state index < -0.39 is 0 Å². The molecule has 144 valence electrons. The molecule has 2 aliphatic carbocycles. The molecule has 0 atom stereocenters. The number of pyridine rings is 2. The first-order valence-electron chi connectivity index (χ1n) is 10.8. The minimum Gasteiger partial charge on any atom is -0.298 e. The number of rotatable bonds is 0. The Bertz CT molecular complexity index is 1740. The molecule has 0 bridgehead atoms. The highest BCUT2D eigenvalue weighted by Gasteiger charge is 2.27. The molecule has 31 heavy (non-hydrogen) atoms. The smallest absolute Gasteiger partial charge is 0.145 e. The highest BCUT2D eigenvalue weighted by atomic mass is 15.0. The zero-order valence-corrected chi connectivity index (χ0v) is 16.8. The van der Waals surface area contributed by atoms with Gasteiger partial charge in [-0.3, -0.25) is 9.38 Å². The van der Waals surface area contributed by atoms with E-state index in [-0.39, 0.29) is 0 Å². The molecular formula is C28H17N3. The Morgan fingerprint density at radius 3 is 2.58 bits per heavy atom. The van der Waals surface area contributed by atoms with Gasteiger partial charge in [0.1, 0.15) is 5.65 Å². The van der Waals surface area contributed by atoms with Gasteiger partial charge in [-0.2, -0.15) is 0 Å². The van der Waals surface area contributed by atoms with Gasteiger partial charge in [-0.05, 0) is 81.6 Å². The van der Waals surface area contributed by atoms with E-state index in [1.807, 2.05) is 24.7 Å². The van der Waals surface area contributed by atoms with Crippen LogP contribution in [0.15, 0.2) is 79.3 Å². The van der Waals surface area contributed by atoms with Crippen LogP contribution in [-0.2, 0) is 12.8 Å². The van der Waals surface area contributed by atoms with E-state index in [4.69, 9.17) is 4.98 Å². The van der Waals surface area contributed by atoms with Crippen molar-refractivity contribution in [3.63, 3.8) is 0 Å². The van der Waals surface area contributed by atoms with E-state index in [0.717, 1.165) is 29.5 Å². The molecule has 3 heterocycles. The standard InChI is InChI=1S/C28H17N3/c1-2-5-19-16(4-1)12-17-13-18-14-24-20(23(18)15-22(17)19)7-8-21-26(24)27-25(6-3-9-29-27)31-11-10-30-28(21)31/h1-11,13,15H,12,14H2. The van der Waals surface area contributed by atoms with Gasteiger partial charge in [0.15, 0.2) is 0 Å². The van der Waals surface area contributed by atoms with Crippen LogP contribution in [0.4, 0.5) is 0 Å². The fourth-order valence-corrected chi connectivity index (χ4v) is 5.84. The lowest BCUT2D eigenvalue weighted by Gasteiger charge is -2.11. The highest BCUT2D eigenvalue weighted by Crippen LogP contribution is 2.47. The molecule has 0 spiro atoms. The summed E-state index contributed by atoms with van der Waals surface area (Å²) in [5, 5.41) is 2.43. The molecule has 0 saturated carbocycles. The van der Waals surface area contributed by atoms with Crippen molar-refractivity contribution >= 4 is 27.5 Å². The molecule has 0 fully saturated rings. The second kappa shape index (κ2) is 5.38. The average Bonchev–Trinajstić information content (AvgIpc) is 3.52. The summed E-state index contributed by atoms with van der Waals surface area (Å²) in [5.74, 6) is 0. The minimum absolute atomic E-state index is 0.953. The van der Waals surface area contributed by atoms with Gasteiger partial charge in [0.2, 0.25) is 0 Å². The van der Waals surface area contributed by atoms with Crippen molar-refractivity contribution in [2.24, 2.45) is 0 Å². The van der Waals surface area contributed by atoms with Gasteiger partial charge >= 0.3 is 0 Å². The second-order valence-corrected chi connectivity index (χ2v) is 8.68. The van der Waals surface area contributed by atoms with E-state index >= 15 is 0 Å². The highest BCUT2D eigenvalue weighted by molar-refractivity contribution is 6.14. The zero-order valence-electron chi connectivity index (χ0n) is 16.8. The summed E-state index contributed by atoms with van der Waals surface area (Å²) in [7, 11) is 0. The lowest BCUT2D eigenvalue weighted by atomic mass is 9.96. The normalized spacial score (nSPS) is 13.5. The van der Waals surface area contributed by atoms with Crippen LogP contribution in [0.3, 0.4) is 0 Å². The molecule has 3 aromatic carbocycles. The Morgan fingerprint density at radius 1 is 0.677 bits per heavy atom. The van der Waals surface area contributed by atoms with Gasteiger partial charge in [0, 0.05) is 29.4 Å². The van der Waals surface area contributed by atoms with Crippen molar-refractivity contribution in [3.8, 4) is 22.3 Å². The van der Waals surface area contributed by atoms with E-state index in [2.05, 4.69) is 64.0 Å². The third kappa shape index (κ3) is 1.89. The molecule has 3 nitrogen and oxygen atoms in total. The largest absolute Gasteiger partial charge is 0.298 e. The van der Waals surface area contributed by atoms with Gasteiger partial charge in [-0.1, -0.05) is 36.4 Å². The molecule has 6 aromatic rings. The predicted octanol–water partition coefficient (Wildman–Crippen LogP) is 6.18. The predicted molar refractivity (Wildman–Crippen MR) is 124 cm³/mol. The molecule has 0 radical (unpaired) electrons. The van der Waals surface area contributed by atoms with Crippen molar-refractivity contribution in [2.45, 2.75) is 12.8 Å². The van der Waals surface area contributed by atoms with Crippen LogP contribution in [-0.4, -0.2) is 14.4 Å². The minimum atomic E-state index is 0.953. The van der Waals surface area contributed by atoms with Crippen molar-refractivity contribution in [1.82, 2.24) is 14.4 Å². The van der Waals surface area contributed by atoms with Gasteiger partial charge in [0.05, 0.1) is 11.0 Å². The van der Waals surface area contributed by atoms with Crippen LogP contribution in [0.25, 0.3) is 49.7 Å². The molecule has 0 N–H and O–H groups in total. The van der Waals surface area contributed by atoms with E-state index in [1.165, 1.54) is 55.3 Å². The number of aromatic nitrogens is 3. The molecule has 0 amide bonds. The van der Waals surface area contributed by atoms with Crippen molar-refractivity contribution in [2.75, 3.05) is 0 Å². The molecule has 8 rings (SSSR count). The van der Waals surface area contributed by atoms with Gasteiger partial charge in [0.25, 0.3) is 0 Å². The van der Waals surface area contributed by atoms with Crippen LogP contribution in [0.5, 0.6) is 0 Å². The number of benzene rings is 3. The van der Waals surface area contributed by atoms with Crippen LogP contribution >= 0.6 is 0 Å². The summed E-state index contributed by atoms with van der Waals surface area (Å²) in [6.07, 6.45) is 7.80. The fraction of sp³-hybridized carbons (Fsp3) is 0.0714. The van der Waals surface area contributed by atoms with Crippen LogP contribution in [0, 0.1) is 0 Å². The second-order valence-electron chi connectivity index (χ2n) is 8.68. The van der Waals surface area contributed by atoms with Gasteiger partial charge in [-0.25, -0.2) is 4.98 Å². The number of fused-ring (bicyclic) bond motifs is 13. The van der Waals surface area contributed by atoms with Gasteiger partial charge in [-0.15, -0.1) is 0 Å². The summed E-state index contributed by atoms with van der Waals surface area (Å²) in [5.41, 5.74) is 14.4. The molecule has 3 aromatic heterocycles. The van der Waals surface area contributed by atoms with Crippen molar-refractivity contribution < 1.29 is 0 Å². The maximum absolute atomic E-state index is 4.82. The third-order valence-electron chi connectivity index (χ3n) is 7.15. The third-order valence-corrected chi connectivity index (χ3v) is 7.15. The van der Waals surface area contributed by atoms with Crippen LogP contribution in [0.1, 0.15) is 22.3 Å². The average molecular weight is 395 g/mol. The molecule has 2 aliphatic rings. The first-order chi connectivity index (χ1) is 15.4. The molecule has 0 unspecified atom stereocenters. The molecule has 0 saturated heterocycles. The quantitative estimate of drug-likeness (QED) is 0.287. The van der Waals surface area contributed by atoms with Crippen molar-refractivity contribution in [1.29, 1.82) is 0 Å². The summed E-state index contributed by atoms with van der Waals surface area (Å²) in [4.78, 5) is 9.51. The lowest BCUT2D eigenvalue weighted by molar-refractivity contribution is 1.22. The van der Waals surface area contributed by atoms with Gasteiger partial charge < -0.3 is 0 Å². The fourth-order valence-electron chi connectivity index (χ4n) is 5.84. The number of hydrogen-bond acceptors (Lipinski definition) is 2. The van der Waals surface area contributed by atoms with E-state index in [1.54, 1.807) is 0 Å². The Hall–Kier alpha value is -3.98. The first kappa shape index (κ1) is 15.8. The topological polar surface area (TPSA) is 30.2 Å². The Kier molecular flexibility index (Phi) is 2.74. The Morgan fingerprint density at radius 2 is 1.58 bits per heavy atom. The Balaban J connectivity index is 1.47. The van der Waals surface area contributed by atoms with Crippen molar-refractivity contribution in [3.05, 3.63) is 102 Å². The summed E-state index contributed by atoms with van der Waals surface area (Å²) in [6.45, 7) is 0. The molecular weight excluding hydrogens is 378 g/mol. The summed E-state index contributed by atoms with van der Waals surface area (Å²) in [6, 6.07) is 22.4. The first-order valence-corrected chi connectivity index (χ1v) is 10.8. The number of imidazole rings is 1. The van der Waals surface area contributed by atoms with E-state index in [9.17, 15) is 0 Å². The van der Waals surface area contributed by atoms with Crippen LogP contribution in [0.2, 0.25) is 0 Å². The Labute approximate surface area is 178 Å². The maximum atomic E-state index is 4.82. The zero-order chi connectivity index (χ0) is 20.1. The van der Waals surface area contributed by atoms with E-state index in [0.29, 0.717) is 0 Å². The SMILES string of the molecule is c1ccc2c(c1)Cc1cc3c(cc1-2)-c1ccc2c(c1C3)c1ncccc1n1ccnc21. The number of hydrogen-bond donors (Lipinski definition) is 0.